The van der Waals surface area contributed by atoms with E-state index in [0.29, 0.717) is 18.6 Å². The number of fused-ring (bicyclic) bond motifs is 1. The van der Waals surface area contributed by atoms with Gasteiger partial charge in [-0.15, -0.1) is 11.8 Å². The lowest BCUT2D eigenvalue weighted by atomic mass is 10.2. The van der Waals surface area contributed by atoms with Crippen molar-refractivity contribution in [2.45, 2.75) is 30.7 Å². The molecule has 3 amide bonds. The molecule has 2 aliphatic heterocycles. The minimum absolute atomic E-state index is 0.0573. The highest BCUT2D eigenvalue weighted by molar-refractivity contribution is 8.01. The minimum atomic E-state index is -0.738. The topological polar surface area (TPSA) is 78.5 Å². The smallest absolute Gasteiger partial charge is 0.272 e. The molecule has 1 aromatic rings. The summed E-state index contributed by atoms with van der Waals surface area (Å²) in [6.07, 6.45) is 1.14. The Bertz CT molecular complexity index is 684. The first-order chi connectivity index (χ1) is 10.9. The Morgan fingerprint density at radius 2 is 2.09 bits per heavy atom. The highest BCUT2D eigenvalue weighted by Gasteiger charge is 2.52. The Labute approximate surface area is 136 Å². The zero-order valence-electron chi connectivity index (χ0n) is 12.5. The maximum Gasteiger partial charge on any atom is 0.272 e. The van der Waals surface area contributed by atoms with E-state index >= 15 is 0 Å². The molecule has 2 saturated heterocycles. The number of thioether (sulfide) groups is 1. The lowest BCUT2D eigenvalue weighted by Gasteiger charge is -2.29. The Morgan fingerprint density at radius 3 is 2.83 bits per heavy atom. The van der Waals surface area contributed by atoms with E-state index in [4.69, 9.17) is 0 Å². The van der Waals surface area contributed by atoms with E-state index in [-0.39, 0.29) is 16.3 Å². The molecule has 122 valence electrons. The van der Waals surface area contributed by atoms with Crippen LogP contribution >= 0.6 is 11.8 Å². The number of carbonyl (C=O) groups excluding carboxylic acids is 3. The van der Waals surface area contributed by atoms with Crippen LogP contribution in [0.15, 0.2) is 24.3 Å². The molecule has 0 aliphatic carbocycles. The van der Waals surface area contributed by atoms with Crippen LogP contribution < -0.4 is 10.9 Å². The quantitative estimate of drug-likeness (QED) is 0.791. The van der Waals surface area contributed by atoms with Crippen LogP contribution in [0, 0.1) is 5.82 Å². The second-order valence-corrected chi connectivity index (χ2v) is 7.19. The largest absolute Gasteiger partial charge is 0.315 e. The van der Waals surface area contributed by atoms with Gasteiger partial charge < -0.3 is 4.90 Å². The first kappa shape index (κ1) is 15.8. The van der Waals surface area contributed by atoms with Crippen LogP contribution in [0.1, 0.15) is 30.1 Å². The number of nitrogens with one attached hydrogen (secondary N) is 2. The van der Waals surface area contributed by atoms with Gasteiger partial charge in [0.2, 0.25) is 5.91 Å². The molecule has 2 aliphatic rings. The summed E-state index contributed by atoms with van der Waals surface area (Å²) in [5, 5.41) is 0. The van der Waals surface area contributed by atoms with Gasteiger partial charge in [0.05, 0.1) is 10.4 Å². The number of hydrogen-bond donors (Lipinski definition) is 2. The SMILES string of the molecule is C[C@]12CCC(=O)N1[C@@H](C(=O)NNC(=O)c1ccccc1F)CS2. The van der Waals surface area contributed by atoms with E-state index in [1.165, 1.54) is 24.3 Å². The van der Waals surface area contributed by atoms with Gasteiger partial charge in [0.25, 0.3) is 11.8 Å². The summed E-state index contributed by atoms with van der Waals surface area (Å²) >= 11 is 1.56. The van der Waals surface area contributed by atoms with Crippen LogP contribution in [0.5, 0.6) is 0 Å². The van der Waals surface area contributed by atoms with Crippen LogP contribution in [-0.2, 0) is 9.59 Å². The number of halogens is 1. The van der Waals surface area contributed by atoms with E-state index in [1.54, 1.807) is 16.7 Å². The van der Waals surface area contributed by atoms with Crippen molar-refractivity contribution in [3.63, 3.8) is 0 Å². The molecule has 0 radical (unpaired) electrons. The summed E-state index contributed by atoms with van der Waals surface area (Å²) in [6.45, 7) is 1.94. The van der Waals surface area contributed by atoms with E-state index in [0.717, 1.165) is 0 Å². The van der Waals surface area contributed by atoms with Gasteiger partial charge in [-0.25, -0.2) is 4.39 Å². The Balaban J connectivity index is 1.63. The fourth-order valence-electron chi connectivity index (χ4n) is 2.93. The first-order valence-electron chi connectivity index (χ1n) is 7.23. The van der Waals surface area contributed by atoms with Crippen LogP contribution in [-0.4, -0.2) is 39.3 Å². The van der Waals surface area contributed by atoms with E-state index < -0.39 is 23.7 Å². The Hall–Kier alpha value is -2.09. The molecule has 8 heteroatoms. The van der Waals surface area contributed by atoms with Crippen LogP contribution in [0.25, 0.3) is 0 Å². The van der Waals surface area contributed by atoms with Gasteiger partial charge in [-0.1, -0.05) is 12.1 Å². The highest BCUT2D eigenvalue weighted by atomic mass is 32.2. The molecular formula is C15H16FN3O3S. The molecular weight excluding hydrogens is 321 g/mol. The first-order valence-corrected chi connectivity index (χ1v) is 8.22. The fourth-order valence-corrected chi connectivity index (χ4v) is 4.36. The van der Waals surface area contributed by atoms with Crippen molar-refractivity contribution < 1.29 is 18.8 Å². The molecule has 2 heterocycles. The molecule has 3 rings (SSSR count). The van der Waals surface area contributed by atoms with Crippen molar-refractivity contribution in [1.29, 1.82) is 0 Å². The Kier molecular flexibility index (Phi) is 4.01. The third kappa shape index (κ3) is 2.78. The van der Waals surface area contributed by atoms with Gasteiger partial charge in [-0.05, 0) is 25.5 Å². The molecule has 1 aromatic carbocycles. The van der Waals surface area contributed by atoms with E-state index in [2.05, 4.69) is 10.9 Å². The molecule has 0 bridgehead atoms. The maximum atomic E-state index is 13.5. The Morgan fingerprint density at radius 1 is 1.35 bits per heavy atom. The number of hydrogen-bond acceptors (Lipinski definition) is 4. The predicted molar refractivity (Wildman–Crippen MR) is 82.7 cm³/mol. The van der Waals surface area contributed by atoms with Crippen molar-refractivity contribution >= 4 is 29.5 Å². The van der Waals surface area contributed by atoms with Crippen molar-refractivity contribution in [2.24, 2.45) is 0 Å². The van der Waals surface area contributed by atoms with Gasteiger partial charge in [0.1, 0.15) is 11.9 Å². The van der Waals surface area contributed by atoms with Gasteiger partial charge >= 0.3 is 0 Å². The third-order valence-corrected chi connectivity index (χ3v) is 5.67. The molecule has 0 spiro atoms. The molecule has 0 saturated carbocycles. The maximum absolute atomic E-state index is 13.5. The van der Waals surface area contributed by atoms with Gasteiger partial charge in [0.15, 0.2) is 0 Å². The van der Waals surface area contributed by atoms with E-state index in [1.807, 2.05) is 6.92 Å². The average molecular weight is 337 g/mol. The number of hydrazine groups is 1. The summed E-state index contributed by atoms with van der Waals surface area (Å²) < 4.78 is 13.5. The second-order valence-electron chi connectivity index (χ2n) is 5.69. The van der Waals surface area contributed by atoms with Crippen LogP contribution in [0.2, 0.25) is 0 Å². The van der Waals surface area contributed by atoms with E-state index in [9.17, 15) is 18.8 Å². The zero-order valence-corrected chi connectivity index (χ0v) is 13.3. The summed E-state index contributed by atoms with van der Waals surface area (Å²) in [5.41, 5.74) is 4.33. The molecule has 6 nitrogen and oxygen atoms in total. The van der Waals surface area contributed by atoms with Crippen LogP contribution in [0.3, 0.4) is 0 Å². The average Bonchev–Trinajstić information content (AvgIpc) is 3.02. The number of amides is 3. The summed E-state index contributed by atoms with van der Waals surface area (Å²) in [4.78, 5) is 37.4. The molecule has 2 N–H and O–H groups in total. The molecule has 0 aromatic heterocycles. The normalized spacial score (nSPS) is 26.1. The summed E-state index contributed by atoms with van der Waals surface area (Å²) in [5.74, 6) is -1.46. The summed E-state index contributed by atoms with van der Waals surface area (Å²) in [7, 11) is 0. The van der Waals surface area contributed by atoms with Crippen molar-refractivity contribution in [3.8, 4) is 0 Å². The summed E-state index contributed by atoms with van der Waals surface area (Å²) in [6, 6.07) is 4.87. The number of rotatable bonds is 2. The number of nitrogens with zero attached hydrogens (tertiary/aromatic N) is 1. The minimum Gasteiger partial charge on any atom is -0.315 e. The lowest BCUT2D eigenvalue weighted by Crippen LogP contribution is -2.54. The second kappa shape index (κ2) is 5.84. The monoisotopic (exact) mass is 337 g/mol. The zero-order chi connectivity index (χ0) is 16.6. The van der Waals surface area contributed by atoms with Gasteiger partial charge in [-0.3, -0.25) is 25.2 Å². The van der Waals surface area contributed by atoms with Crippen LogP contribution in [0.4, 0.5) is 4.39 Å². The van der Waals surface area contributed by atoms with Crippen molar-refractivity contribution in [3.05, 3.63) is 35.6 Å². The number of carbonyl (C=O) groups is 3. The third-order valence-electron chi connectivity index (χ3n) is 4.17. The van der Waals surface area contributed by atoms with Crippen molar-refractivity contribution in [1.82, 2.24) is 15.8 Å². The predicted octanol–water partition coefficient (Wildman–Crippen LogP) is 1.04. The molecule has 2 atom stereocenters. The van der Waals surface area contributed by atoms with Gasteiger partial charge in [-0.2, -0.15) is 0 Å². The fraction of sp³-hybridized carbons (Fsp3) is 0.400. The molecule has 2 fully saturated rings. The van der Waals surface area contributed by atoms with Gasteiger partial charge in [0, 0.05) is 12.2 Å². The molecule has 23 heavy (non-hydrogen) atoms. The highest BCUT2D eigenvalue weighted by Crippen LogP contribution is 2.47. The lowest BCUT2D eigenvalue weighted by molar-refractivity contribution is -0.138. The molecule has 0 unspecified atom stereocenters. The standard InChI is InChI=1S/C15H16FN3O3S/c1-15-7-6-12(20)19(15)11(8-23-15)14(22)18-17-13(21)9-4-2-3-5-10(9)16/h2-5,11H,6-8H2,1H3,(H,17,21)(H,18,22)/t11-,15+/m1/s1. The van der Waals surface area contributed by atoms with Crippen molar-refractivity contribution in [2.75, 3.05) is 5.75 Å². The number of benzene rings is 1.